The Morgan fingerprint density at radius 2 is 2.19 bits per heavy atom. The molecule has 3 aromatic rings. The third-order valence-electron chi connectivity index (χ3n) is 3.96. The number of hydrogen-bond acceptors (Lipinski definition) is 3. The summed E-state index contributed by atoms with van der Waals surface area (Å²) in [5.41, 5.74) is 1.99. The predicted molar refractivity (Wildman–Crippen MR) is 82.9 cm³/mol. The van der Waals surface area contributed by atoms with Gasteiger partial charge in [0.1, 0.15) is 5.82 Å². The van der Waals surface area contributed by atoms with E-state index in [4.69, 9.17) is 0 Å². The second-order valence-corrected chi connectivity index (χ2v) is 6.33. The molecule has 0 aliphatic carbocycles. The van der Waals surface area contributed by atoms with Crippen LogP contribution < -0.4 is 0 Å². The number of rotatable bonds is 3. The third kappa shape index (κ3) is 2.23. The van der Waals surface area contributed by atoms with Crippen LogP contribution in [0.3, 0.4) is 0 Å². The summed E-state index contributed by atoms with van der Waals surface area (Å²) in [7, 11) is 0. The van der Waals surface area contributed by atoms with Crippen molar-refractivity contribution in [2.24, 2.45) is 0 Å². The largest absolute Gasteiger partial charge is 0.340 e. The first kappa shape index (κ1) is 12.6. The second-order valence-electron chi connectivity index (χ2n) is 5.29. The molecule has 21 heavy (non-hydrogen) atoms. The van der Waals surface area contributed by atoms with Crippen molar-refractivity contribution in [3.8, 4) is 0 Å². The van der Waals surface area contributed by atoms with Crippen molar-refractivity contribution in [3.63, 3.8) is 0 Å². The molecule has 0 spiro atoms. The summed E-state index contributed by atoms with van der Waals surface area (Å²) in [5, 5.41) is 2.05. The first-order chi connectivity index (χ1) is 10.3. The normalized spacial score (nSPS) is 18.8. The van der Waals surface area contributed by atoms with Gasteiger partial charge in [0.25, 0.3) is 0 Å². The zero-order valence-electron chi connectivity index (χ0n) is 11.5. The SMILES string of the molecule is O=C1CC[C@H](c2nc3ccccc3[nH]2)N1Cc1cccs1. The molecule has 4 nitrogen and oxygen atoms in total. The minimum atomic E-state index is 0.0620. The Morgan fingerprint density at radius 3 is 3.00 bits per heavy atom. The van der Waals surface area contributed by atoms with E-state index >= 15 is 0 Å². The summed E-state index contributed by atoms with van der Waals surface area (Å²) >= 11 is 1.69. The lowest BCUT2D eigenvalue weighted by Gasteiger charge is -2.22. The Morgan fingerprint density at radius 1 is 1.29 bits per heavy atom. The summed E-state index contributed by atoms with van der Waals surface area (Å²) in [6.07, 6.45) is 1.44. The average molecular weight is 297 g/mol. The number of fused-ring (bicyclic) bond motifs is 1. The van der Waals surface area contributed by atoms with Gasteiger partial charge in [0.2, 0.25) is 5.91 Å². The standard InChI is InChI=1S/C16H15N3OS/c20-15-8-7-14(19(15)10-11-4-3-9-21-11)16-17-12-5-1-2-6-13(12)18-16/h1-6,9,14H,7-8,10H2,(H,17,18)/t14-/m1/s1. The molecule has 3 heterocycles. The molecule has 0 saturated carbocycles. The second kappa shape index (κ2) is 5.00. The average Bonchev–Trinajstić information content (AvgIpc) is 3.20. The Bertz CT molecular complexity index is 745. The van der Waals surface area contributed by atoms with E-state index in [0.717, 1.165) is 23.3 Å². The van der Waals surface area contributed by atoms with E-state index in [9.17, 15) is 4.79 Å². The summed E-state index contributed by atoms with van der Waals surface area (Å²) in [5.74, 6) is 1.12. The Balaban J connectivity index is 1.67. The number of carbonyl (C=O) groups excluding carboxylic acids is 1. The molecule has 4 rings (SSSR count). The molecule has 1 fully saturated rings. The number of hydrogen-bond donors (Lipinski definition) is 1. The first-order valence-corrected chi connectivity index (χ1v) is 7.96. The monoisotopic (exact) mass is 297 g/mol. The minimum absolute atomic E-state index is 0.0620. The van der Waals surface area contributed by atoms with Crippen molar-refractivity contribution in [3.05, 3.63) is 52.5 Å². The molecular weight excluding hydrogens is 282 g/mol. The minimum Gasteiger partial charge on any atom is -0.340 e. The summed E-state index contributed by atoms with van der Waals surface area (Å²) in [6.45, 7) is 0.679. The lowest BCUT2D eigenvalue weighted by Crippen LogP contribution is -2.27. The molecule has 0 radical (unpaired) electrons. The van der Waals surface area contributed by atoms with Gasteiger partial charge in [-0.3, -0.25) is 4.79 Å². The van der Waals surface area contributed by atoms with Crippen LogP contribution in [0, 0.1) is 0 Å². The van der Waals surface area contributed by atoms with Crippen LogP contribution in [0.2, 0.25) is 0 Å². The molecule has 1 aliphatic heterocycles. The highest BCUT2D eigenvalue weighted by atomic mass is 32.1. The first-order valence-electron chi connectivity index (χ1n) is 7.08. The molecule has 5 heteroatoms. The van der Waals surface area contributed by atoms with Gasteiger partial charge in [0, 0.05) is 11.3 Å². The highest BCUT2D eigenvalue weighted by Gasteiger charge is 2.34. The highest BCUT2D eigenvalue weighted by molar-refractivity contribution is 7.09. The van der Waals surface area contributed by atoms with Crippen LogP contribution in [0.25, 0.3) is 11.0 Å². The van der Waals surface area contributed by atoms with Gasteiger partial charge in [0.15, 0.2) is 0 Å². The fourth-order valence-corrected chi connectivity index (χ4v) is 3.62. The quantitative estimate of drug-likeness (QED) is 0.804. The molecule has 0 bridgehead atoms. The fraction of sp³-hybridized carbons (Fsp3) is 0.250. The molecule has 1 aliphatic rings. The van der Waals surface area contributed by atoms with Gasteiger partial charge in [-0.05, 0) is 30.0 Å². The number of nitrogens with one attached hydrogen (secondary N) is 1. The Kier molecular flexibility index (Phi) is 3.00. The van der Waals surface area contributed by atoms with Crippen molar-refractivity contribution in [1.29, 1.82) is 0 Å². The molecule has 1 saturated heterocycles. The van der Waals surface area contributed by atoms with Crippen molar-refractivity contribution in [2.45, 2.75) is 25.4 Å². The summed E-state index contributed by atoms with van der Waals surface area (Å²) in [4.78, 5) is 23.4. The van der Waals surface area contributed by atoms with Crippen molar-refractivity contribution in [1.82, 2.24) is 14.9 Å². The number of imidazole rings is 1. The van der Waals surface area contributed by atoms with Gasteiger partial charge in [-0.2, -0.15) is 0 Å². The number of aromatic nitrogens is 2. The molecule has 1 amide bonds. The number of carbonyl (C=O) groups is 1. The lowest BCUT2D eigenvalue weighted by atomic mass is 10.2. The van der Waals surface area contributed by atoms with E-state index in [0.29, 0.717) is 13.0 Å². The molecular formula is C16H15N3OS. The fourth-order valence-electron chi connectivity index (χ4n) is 2.92. The van der Waals surface area contributed by atoms with Crippen molar-refractivity contribution >= 4 is 28.3 Å². The number of thiophene rings is 1. The third-order valence-corrected chi connectivity index (χ3v) is 4.82. The Labute approximate surface area is 126 Å². The number of para-hydroxylation sites is 2. The maximum absolute atomic E-state index is 12.2. The lowest BCUT2D eigenvalue weighted by molar-refractivity contribution is -0.129. The van der Waals surface area contributed by atoms with Crippen LogP contribution in [0.1, 0.15) is 29.6 Å². The maximum atomic E-state index is 12.2. The van der Waals surface area contributed by atoms with Gasteiger partial charge in [-0.1, -0.05) is 18.2 Å². The van der Waals surface area contributed by atoms with Crippen LogP contribution in [-0.2, 0) is 11.3 Å². The Hall–Kier alpha value is -2.14. The highest BCUT2D eigenvalue weighted by Crippen LogP contribution is 2.34. The molecule has 0 unspecified atom stereocenters. The smallest absolute Gasteiger partial charge is 0.223 e. The summed E-state index contributed by atoms with van der Waals surface area (Å²) < 4.78 is 0. The number of H-pyrrole nitrogens is 1. The van der Waals surface area contributed by atoms with Gasteiger partial charge in [-0.25, -0.2) is 4.98 Å². The van der Waals surface area contributed by atoms with E-state index in [2.05, 4.69) is 16.0 Å². The molecule has 2 aromatic heterocycles. The van der Waals surface area contributed by atoms with Crippen LogP contribution in [0.5, 0.6) is 0 Å². The number of benzene rings is 1. The van der Waals surface area contributed by atoms with Crippen LogP contribution in [0.4, 0.5) is 0 Å². The zero-order chi connectivity index (χ0) is 14.2. The number of nitrogens with zero attached hydrogens (tertiary/aromatic N) is 2. The van der Waals surface area contributed by atoms with E-state index in [-0.39, 0.29) is 11.9 Å². The van der Waals surface area contributed by atoms with Gasteiger partial charge in [-0.15, -0.1) is 11.3 Å². The number of aromatic amines is 1. The van der Waals surface area contributed by atoms with Gasteiger partial charge in [0.05, 0.1) is 23.6 Å². The predicted octanol–water partition coefficient (Wildman–Crippen LogP) is 3.49. The zero-order valence-corrected chi connectivity index (χ0v) is 12.3. The number of likely N-dealkylation sites (tertiary alicyclic amines) is 1. The molecule has 1 atom stereocenters. The van der Waals surface area contributed by atoms with Crippen molar-refractivity contribution in [2.75, 3.05) is 0 Å². The molecule has 1 N–H and O–H groups in total. The van der Waals surface area contributed by atoms with E-state index in [1.807, 2.05) is 40.6 Å². The van der Waals surface area contributed by atoms with Gasteiger partial charge >= 0.3 is 0 Å². The van der Waals surface area contributed by atoms with Crippen LogP contribution in [0.15, 0.2) is 41.8 Å². The maximum Gasteiger partial charge on any atom is 0.223 e. The van der Waals surface area contributed by atoms with E-state index in [1.165, 1.54) is 4.88 Å². The van der Waals surface area contributed by atoms with Crippen LogP contribution in [-0.4, -0.2) is 20.8 Å². The number of amides is 1. The van der Waals surface area contributed by atoms with Gasteiger partial charge < -0.3 is 9.88 Å². The van der Waals surface area contributed by atoms with E-state index < -0.39 is 0 Å². The topological polar surface area (TPSA) is 49.0 Å². The van der Waals surface area contributed by atoms with E-state index in [1.54, 1.807) is 11.3 Å². The summed E-state index contributed by atoms with van der Waals surface area (Å²) in [6, 6.07) is 12.2. The van der Waals surface area contributed by atoms with Crippen molar-refractivity contribution < 1.29 is 4.79 Å². The molecule has 106 valence electrons. The molecule has 1 aromatic carbocycles. The van der Waals surface area contributed by atoms with Crippen LogP contribution >= 0.6 is 11.3 Å².